The molecule has 0 heterocycles. The molecule has 0 aliphatic rings. The Morgan fingerprint density at radius 2 is 1.07 bits per heavy atom. The number of rotatable bonds is 6. The zero-order chi connectivity index (χ0) is 24.0. The van der Waals surface area contributed by atoms with E-state index >= 15 is 0 Å². The summed E-state index contributed by atoms with van der Waals surface area (Å²) >= 11 is 0. The molecule has 0 fully saturated rings. The number of esters is 2. The number of nitrogens with zero attached hydrogens (tertiary/aromatic N) is 1. The van der Waals surface area contributed by atoms with E-state index in [0.29, 0.717) is 6.54 Å². The van der Waals surface area contributed by atoms with Gasteiger partial charge in [-0.1, -0.05) is 0 Å². The molecule has 0 aromatic carbocycles. The molecule has 0 radical (unpaired) electrons. The van der Waals surface area contributed by atoms with E-state index in [1.54, 1.807) is 46.4 Å². The fourth-order valence-corrected chi connectivity index (χ4v) is 1.70. The molecule has 0 aromatic heterocycles. The molecule has 0 aromatic rings. The Morgan fingerprint density at radius 1 is 0.828 bits per heavy atom. The van der Waals surface area contributed by atoms with Crippen LogP contribution in [0.4, 0.5) is 0 Å². The molecule has 4 N–H and O–H groups in total. The lowest BCUT2D eigenvalue weighted by Gasteiger charge is -2.27. The second-order valence-electron chi connectivity index (χ2n) is 8.36. The number of ether oxygens (including phenoxy) is 2. The minimum Gasteiger partial charge on any atom is -0.481 e. The Hall–Kier alpha value is -2.20. The predicted molar refractivity (Wildman–Crippen MR) is 108 cm³/mol. The molecule has 0 spiro atoms. The summed E-state index contributed by atoms with van der Waals surface area (Å²) in [5.41, 5.74) is 4.65. The summed E-state index contributed by atoms with van der Waals surface area (Å²) in [6.07, 6.45) is 0. The molecule has 0 bridgehead atoms. The lowest BCUT2D eigenvalue weighted by molar-refractivity contribution is -0.160. The Kier molecular flexibility index (Phi) is 16.0. The highest BCUT2D eigenvalue weighted by molar-refractivity contribution is 5.75. The minimum atomic E-state index is -0.833. The van der Waals surface area contributed by atoms with Crippen molar-refractivity contribution in [2.75, 3.05) is 19.6 Å². The van der Waals surface area contributed by atoms with Gasteiger partial charge in [-0.15, -0.1) is 0 Å². The van der Waals surface area contributed by atoms with Gasteiger partial charge in [-0.2, -0.15) is 0 Å². The highest BCUT2D eigenvalue weighted by atomic mass is 16.6. The summed E-state index contributed by atoms with van der Waals surface area (Å²) in [5, 5.41) is 14.8. The van der Waals surface area contributed by atoms with Gasteiger partial charge in [-0.3, -0.25) is 24.1 Å². The predicted octanol–water partition coefficient (Wildman–Crippen LogP) is 1.50. The van der Waals surface area contributed by atoms with Crippen LogP contribution < -0.4 is 5.73 Å². The van der Waals surface area contributed by atoms with Crippen molar-refractivity contribution in [2.24, 2.45) is 5.73 Å². The molecule has 0 aliphatic heterocycles. The summed E-state index contributed by atoms with van der Waals surface area (Å²) < 4.78 is 10.5. The number of nitrogens with two attached hydrogens (primary N) is 1. The Morgan fingerprint density at radius 3 is 1.24 bits per heavy atom. The van der Waals surface area contributed by atoms with Crippen molar-refractivity contribution in [1.82, 2.24) is 4.90 Å². The monoisotopic (exact) mass is 422 g/mol. The van der Waals surface area contributed by atoms with Crippen molar-refractivity contribution in [1.29, 1.82) is 0 Å². The van der Waals surface area contributed by atoms with Crippen molar-refractivity contribution in [3.8, 4) is 0 Å². The fourth-order valence-electron chi connectivity index (χ4n) is 1.70. The molecule has 172 valence electrons. The number of carbonyl (C=O) groups is 4. The van der Waals surface area contributed by atoms with Crippen molar-refractivity contribution < 1.29 is 38.9 Å². The molecule has 1 atom stereocenters. The highest BCUT2D eigenvalue weighted by Crippen LogP contribution is 2.09. The Bertz CT molecular complexity index is 469. The van der Waals surface area contributed by atoms with Crippen LogP contribution in [-0.4, -0.2) is 75.9 Å². The highest BCUT2D eigenvalue weighted by Gasteiger charge is 2.23. The zero-order valence-electron chi connectivity index (χ0n) is 19.1. The lowest BCUT2D eigenvalue weighted by atomic mass is 10.2. The number of carboxylic acids is 2. The van der Waals surface area contributed by atoms with Crippen molar-refractivity contribution in [3.63, 3.8) is 0 Å². The first-order valence-corrected chi connectivity index (χ1v) is 9.05. The van der Waals surface area contributed by atoms with Gasteiger partial charge in [-0.05, 0) is 48.5 Å². The quantitative estimate of drug-likeness (QED) is 0.536. The third-order valence-corrected chi connectivity index (χ3v) is 2.09. The van der Waals surface area contributed by atoms with Crippen LogP contribution in [0.3, 0.4) is 0 Å². The summed E-state index contributed by atoms with van der Waals surface area (Å²) in [7, 11) is 0. The van der Waals surface area contributed by atoms with Gasteiger partial charge in [0.25, 0.3) is 11.9 Å². The molecule has 0 saturated heterocycles. The summed E-state index contributed by atoms with van der Waals surface area (Å²) in [6, 6.07) is -0.158. The van der Waals surface area contributed by atoms with Crippen molar-refractivity contribution in [3.05, 3.63) is 0 Å². The molecule has 0 rings (SSSR count). The van der Waals surface area contributed by atoms with Crippen molar-refractivity contribution >= 4 is 23.9 Å². The largest absolute Gasteiger partial charge is 0.481 e. The molecule has 1 unspecified atom stereocenters. The van der Waals surface area contributed by atoms with Crippen LogP contribution in [0.2, 0.25) is 0 Å². The average Bonchev–Trinajstić information content (AvgIpc) is 2.30. The molecule has 10 nitrogen and oxygen atoms in total. The third kappa shape index (κ3) is 37.3. The summed E-state index contributed by atoms with van der Waals surface area (Å²) in [6.45, 7) is 15.2. The van der Waals surface area contributed by atoms with Crippen LogP contribution in [0.1, 0.15) is 62.3 Å². The van der Waals surface area contributed by atoms with Crippen LogP contribution in [0, 0.1) is 0 Å². The standard InChI is InChI=1S/C15H30N2O4.2C2H4O2/c1-11(16)8-17(9-12(18)20-14(2,3)4)10-13(19)21-15(5,6)7;2*1-2(3)4/h11H,8-10,16H2,1-7H3;2*1H3,(H,3,4). The van der Waals surface area contributed by atoms with Gasteiger partial charge in [-0.25, -0.2) is 0 Å². The Balaban J connectivity index is -0.000000712. The minimum absolute atomic E-state index is 0.0120. The van der Waals surface area contributed by atoms with Gasteiger partial charge in [0.15, 0.2) is 0 Å². The fraction of sp³-hybridized carbons (Fsp3) is 0.789. The maximum Gasteiger partial charge on any atom is 0.320 e. The van der Waals surface area contributed by atoms with E-state index in [0.717, 1.165) is 13.8 Å². The van der Waals surface area contributed by atoms with Crippen LogP contribution in [-0.2, 0) is 28.7 Å². The molecule has 0 saturated carbocycles. The van der Waals surface area contributed by atoms with Gasteiger partial charge < -0.3 is 25.4 Å². The first kappa shape index (κ1) is 31.5. The number of carboxylic acid groups (broad SMARTS) is 2. The van der Waals surface area contributed by atoms with Gasteiger partial charge in [0.05, 0.1) is 13.1 Å². The van der Waals surface area contributed by atoms with Crippen LogP contribution >= 0.6 is 0 Å². The SMILES string of the molecule is CC(=O)O.CC(=O)O.CC(N)CN(CC(=O)OC(C)(C)C)CC(=O)OC(C)(C)C. The van der Waals surface area contributed by atoms with E-state index in [1.807, 2.05) is 6.92 Å². The van der Waals surface area contributed by atoms with Gasteiger partial charge >= 0.3 is 11.9 Å². The Labute approximate surface area is 173 Å². The molecule has 0 amide bonds. The first-order valence-electron chi connectivity index (χ1n) is 9.05. The molecule has 0 aliphatic carbocycles. The van der Waals surface area contributed by atoms with Gasteiger partial charge in [0.2, 0.25) is 0 Å². The molecule has 29 heavy (non-hydrogen) atoms. The van der Waals surface area contributed by atoms with Crippen molar-refractivity contribution in [2.45, 2.75) is 79.6 Å². The second-order valence-corrected chi connectivity index (χ2v) is 8.36. The molecular formula is C19H38N2O8. The van der Waals surface area contributed by atoms with Gasteiger partial charge in [0, 0.05) is 26.4 Å². The summed E-state index contributed by atoms with van der Waals surface area (Å²) in [4.78, 5) is 43.4. The smallest absolute Gasteiger partial charge is 0.320 e. The van der Waals surface area contributed by atoms with Crippen LogP contribution in [0.15, 0.2) is 0 Å². The number of aliphatic carboxylic acids is 2. The normalized spacial score (nSPS) is 11.8. The number of carbonyl (C=O) groups excluding carboxylic acids is 2. The number of hydrogen-bond acceptors (Lipinski definition) is 8. The first-order chi connectivity index (χ1) is 12.7. The average molecular weight is 423 g/mol. The van der Waals surface area contributed by atoms with E-state index < -0.39 is 23.1 Å². The molecular weight excluding hydrogens is 384 g/mol. The number of hydrogen-bond donors (Lipinski definition) is 3. The van der Waals surface area contributed by atoms with Crippen LogP contribution in [0.25, 0.3) is 0 Å². The maximum atomic E-state index is 11.9. The van der Waals surface area contributed by atoms with Crippen LogP contribution in [0.5, 0.6) is 0 Å². The van der Waals surface area contributed by atoms with Gasteiger partial charge in [0.1, 0.15) is 11.2 Å². The van der Waals surface area contributed by atoms with E-state index in [9.17, 15) is 9.59 Å². The van der Waals surface area contributed by atoms with E-state index in [1.165, 1.54) is 0 Å². The molecule has 10 heteroatoms. The topological polar surface area (TPSA) is 156 Å². The third-order valence-electron chi connectivity index (χ3n) is 2.09. The maximum absolute atomic E-state index is 11.9. The van der Waals surface area contributed by atoms with E-state index in [2.05, 4.69) is 0 Å². The van der Waals surface area contributed by atoms with E-state index in [-0.39, 0.29) is 31.1 Å². The van der Waals surface area contributed by atoms with E-state index in [4.69, 9.17) is 35.0 Å². The lowest BCUT2D eigenvalue weighted by Crippen LogP contribution is -2.44. The summed E-state index contributed by atoms with van der Waals surface area (Å²) in [5.74, 6) is -2.43. The zero-order valence-corrected chi connectivity index (χ0v) is 19.1. The second kappa shape index (κ2) is 14.7.